The Labute approximate surface area is 166 Å². The lowest BCUT2D eigenvalue weighted by Crippen LogP contribution is -2.45. The number of nitrogens with zero attached hydrogens (tertiary/aromatic N) is 4. The molecule has 0 aromatic carbocycles. The van der Waals surface area contributed by atoms with Gasteiger partial charge in [-0.3, -0.25) is 9.59 Å². The van der Waals surface area contributed by atoms with Crippen molar-refractivity contribution < 1.29 is 4.79 Å². The molecule has 0 radical (unpaired) electrons. The van der Waals surface area contributed by atoms with Crippen LogP contribution < -0.4 is 16.2 Å². The van der Waals surface area contributed by atoms with Gasteiger partial charge in [0.05, 0.1) is 11.1 Å². The summed E-state index contributed by atoms with van der Waals surface area (Å²) in [6.07, 6.45) is 4.68. The molecule has 10 heteroatoms. The molecule has 0 saturated carbocycles. The highest BCUT2D eigenvalue weighted by Crippen LogP contribution is 2.20. The van der Waals surface area contributed by atoms with E-state index in [0.717, 1.165) is 18.4 Å². The number of nitrogens with one attached hydrogen (secondary N) is 3. The molecular weight excluding hydrogens is 382 g/mol. The molecule has 1 amide bonds. The Hall–Kier alpha value is -3.12. The maximum atomic E-state index is 12.0. The van der Waals surface area contributed by atoms with Crippen LogP contribution in [0.5, 0.6) is 0 Å². The zero-order valence-corrected chi connectivity index (χ0v) is 16.1. The van der Waals surface area contributed by atoms with Crippen molar-refractivity contribution in [3.63, 3.8) is 0 Å². The standard InChI is InChI=1S/C18H20ClN7O2/c1-11-8-22-18(24-14-7-12(19)9-21-17(14)28)25-16(11)23-13-3-2-6-26(10-13)15(27)4-5-20/h7-9,13H,2-4,6,10H2,1H3,(H,21,28)(H2,22,23,24,25)/t13-/m1/s1. The summed E-state index contributed by atoms with van der Waals surface area (Å²) < 4.78 is 0. The fraction of sp³-hybridized carbons (Fsp3) is 0.389. The van der Waals surface area contributed by atoms with Crippen LogP contribution in [0.25, 0.3) is 0 Å². The third-order valence-corrected chi connectivity index (χ3v) is 4.65. The zero-order valence-electron chi connectivity index (χ0n) is 15.3. The molecule has 146 valence electrons. The predicted octanol–water partition coefficient (Wildman–Crippen LogP) is 2.19. The van der Waals surface area contributed by atoms with Gasteiger partial charge in [0.15, 0.2) is 0 Å². The Bertz CT molecular complexity index is 969. The molecule has 1 atom stereocenters. The lowest BCUT2D eigenvalue weighted by molar-refractivity contribution is -0.131. The van der Waals surface area contributed by atoms with Crippen LogP contribution in [0.3, 0.4) is 0 Å². The molecule has 1 saturated heterocycles. The van der Waals surface area contributed by atoms with Crippen molar-refractivity contribution in [1.29, 1.82) is 5.26 Å². The molecule has 28 heavy (non-hydrogen) atoms. The van der Waals surface area contributed by atoms with Crippen molar-refractivity contribution in [2.45, 2.75) is 32.2 Å². The van der Waals surface area contributed by atoms with Gasteiger partial charge < -0.3 is 20.5 Å². The van der Waals surface area contributed by atoms with Crippen LogP contribution in [0.15, 0.2) is 23.3 Å². The van der Waals surface area contributed by atoms with Gasteiger partial charge in [-0.2, -0.15) is 10.2 Å². The molecule has 2 aromatic rings. The number of aromatic nitrogens is 3. The molecular formula is C18H20ClN7O2. The van der Waals surface area contributed by atoms with Crippen LogP contribution in [0.4, 0.5) is 17.5 Å². The number of pyridine rings is 1. The molecule has 3 heterocycles. The van der Waals surface area contributed by atoms with Crippen molar-refractivity contribution in [3.05, 3.63) is 39.4 Å². The van der Waals surface area contributed by atoms with E-state index in [-0.39, 0.29) is 35.6 Å². The largest absolute Gasteiger partial charge is 0.365 e. The Morgan fingerprint density at radius 2 is 2.36 bits per heavy atom. The molecule has 2 aromatic heterocycles. The summed E-state index contributed by atoms with van der Waals surface area (Å²) in [6.45, 7) is 3.05. The maximum absolute atomic E-state index is 12.0. The lowest BCUT2D eigenvalue weighted by Gasteiger charge is -2.33. The minimum Gasteiger partial charge on any atom is -0.365 e. The Kier molecular flexibility index (Phi) is 6.11. The number of nitriles is 1. The second-order valence-corrected chi connectivity index (χ2v) is 7.01. The van der Waals surface area contributed by atoms with E-state index < -0.39 is 0 Å². The van der Waals surface area contributed by atoms with E-state index in [4.69, 9.17) is 16.9 Å². The van der Waals surface area contributed by atoms with Gasteiger partial charge in [0.25, 0.3) is 5.56 Å². The first-order valence-corrected chi connectivity index (χ1v) is 9.24. The van der Waals surface area contributed by atoms with Crippen LogP contribution in [-0.4, -0.2) is 44.9 Å². The number of piperidine rings is 1. The topological polar surface area (TPSA) is 127 Å². The first-order chi connectivity index (χ1) is 13.5. The maximum Gasteiger partial charge on any atom is 0.271 e. The highest BCUT2D eigenvalue weighted by molar-refractivity contribution is 6.30. The van der Waals surface area contributed by atoms with E-state index in [2.05, 4.69) is 25.6 Å². The van der Waals surface area contributed by atoms with E-state index in [1.165, 1.54) is 12.3 Å². The third kappa shape index (κ3) is 4.78. The number of aromatic amines is 1. The van der Waals surface area contributed by atoms with E-state index in [9.17, 15) is 9.59 Å². The molecule has 1 aliphatic heterocycles. The summed E-state index contributed by atoms with van der Waals surface area (Å²) in [5.41, 5.74) is 0.751. The van der Waals surface area contributed by atoms with Crippen molar-refractivity contribution in [2.24, 2.45) is 0 Å². The van der Waals surface area contributed by atoms with E-state index in [1.807, 2.05) is 13.0 Å². The average molecular weight is 402 g/mol. The van der Waals surface area contributed by atoms with E-state index >= 15 is 0 Å². The van der Waals surface area contributed by atoms with Gasteiger partial charge in [-0.1, -0.05) is 11.6 Å². The third-order valence-electron chi connectivity index (χ3n) is 4.43. The fourth-order valence-electron chi connectivity index (χ4n) is 3.01. The molecule has 0 bridgehead atoms. The molecule has 1 fully saturated rings. The van der Waals surface area contributed by atoms with Gasteiger partial charge in [0, 0.05) is 37.1 Å². The van der Waals surface area contributed by atoms with Crippen molar-refractivity contribution >= 4 is 35.0 Å². The normalized spacial score (nSPS) is 16.3. The van der Waals surface area contributed by atoms with Gasteiger partial charge in [-0.05, 0) is 25.8 Å². The number of carbonyl (C=O) groups excluding carboxylic acids is 1. The van der Waals surface area contributed by atoms with Crippen molar-refractivity contribution in [2.75, 3.05) is 23.7 Å². The first-order valence-electron chi connectivity index (χ1n) is 8.86. The highest BCUT2D eigenvalue weighted by Gasteiger charge is 2.24. The number of carbonyl (C=O) groups is 1. The lowest BCUT2D eigenvalue weighted by atomic mass is 10.1. The zero-order chi connectivity index (χ0) is 20.1. The first kappa shape index (κ1) is 19.6. The van der Waals surface area contributed by atoms with Crippen LogP contribution in [0.2, 0.25) is 5.02 Å². The summed E-state index contributed by atoms with van der Waals surface area (Å²) >= 11 is 5.91. The minimum atomic E-state index is -0.331. The van der Waals surface area contributed by atoms with Gasteiger partial charge in [-0.15, -0.1) is 0 Å². The number of hydrogen-bond donors (Lipinski definition) is 3. The monoisotopic (exact) mass is 401 g/mol. The Morgan fingerprint density at radius 3 is 3.14 bits per heavy atom. The number of aryl methyl sites for hydroxylation is 1. The van der Waals surface area contributed by atoms with Crippen LogP contribution >= 0.6 is 11.6 Å². The van der Waals surface area contributed by atoms with Crippen molar-refractivity contribution in [1.82, 2.24) is 19.9 Å². The number of halogens is 1. The predicted molar refractivity (Wildman–Crippen MR) is 106 cm³/mol. The van der Waals surface area contributed by atoms with E-state index in [1.54, 1.807) is 11.1 Å². The molecule has 1 aliphatic rings. The number of H-pyrrole nitrogens is 1. The molecule has 3 N–H and O–H groups in total. The van der Waals surface area contributed by atoms with Crippen molar-refractivity contribution in [3.8, 4) is 6.07 Å². The molecule has 0 unspecified atom stereocenters. The van der Waals surface area contributed by atoms with Crippen LogP contribution in [0.1, 0.15) is 24.8 Å². The van der Waals surface area contributed by atoms with Crippen LogP contribution in [-0.2, 0) is 4.79 Å². The molecule has 3 rings (SSSR count). The number of likely N-dealkylation sites (tertiary alicyclic amines) is 1. The van der Waals surface area contributed by atoms with Gasteiger partial charge in [-0.25, -0.2) is 4.98 Å². The Balaban J connectivity index is 1.73. The quantitative estimate of drug-likeness (QED) is 0.700. The second kappa shape index (κ2) is 8.71. The van der Waals surface area contributed by atoms with Crippen LogP contribution in [0, 0.1) is 18.3 Å². The minimum absolute atomic E-state index is 0.0208. The number of hydrogen-bond acceptors (Lipinski definition) is 7. The van der Waals surface area contributed by atoms with E-state index in [0.29, 0.717) is 23.9 Å². The SMILES string of the molecule is Cc1cnc(Nc2cc(Cl)c[nH]c2=O)nc1N[C@@H]1CCCN(C(=O)CC#N)C1. The number of anilines is 3. The summed E-state index contributed by atoms with van der Waals surface area (Å²) in [6, 6.07) is 3.42. The average Bonchev–Trinajstić information content (AvgIpc) is 2.68. The molecule has 9 nitrogen and oxygen atoms in total. The second-order valence-electron chi connectivity index (χ2n) is 6.57. The van der Waals surface area contributed by atoms with Gasteiger partial charge in [0.1, 0.15) is 17.9 Å². The van der Waals surface area contributed by atoms with Gasteiger partial charge >= 0.3 is 0 Å². The smallest absolute Gasteiger partial charge is 0.271 e. The Morgan fingerprint density at radius 1 is 1.54 bits per heavy atom. The summed E-state index contributed by atoms with van der Waals surface area (Å²) in [4.78, 5) is 36.8. The summed E-state index contributed by atoms with van der Waals surface area (Å²) in [7, 11) is 0. The molecule has 0 spiro atoms. The number of rotatable bonds is 5. The highest BCUT2D eigenvalue weighted by atomic mass is 35.5. The summed E-state index contributed by atoms with van der Waals surface area (Å²) in [5, 5.41) is 15.3. The van der Waals surface area contributed by atoms with Gasteiger partial charge in [0.2, 0.25) is 11.9 Å². The molecule has 0 aliphatic carbocycles. The number of amides is 1. The summed E-state index contributed by atoms with van der Waals surface area (Å²) in [5.74, 6) is 0.723. The fourth-order valence-corrected chi connectivity index (χ4v) is 3.18.